The smallest absolute Gasteiger partial charge is 0.379 e. The van der Waals surface area contributed by atoms with Gasteiger partial charge in [0.2, 0.25) is 6.17 Å². The molecular formula is C4H10N2O3. The predicted molar refractivity (Wildman–Crippen MR) is 31.1 cm³/mol. The third-order valence-electron chi connectivity index (χ3n) is 0.923. The summed E-state index contributed by atoms with van der Waals surface area (Å²) in [5.41, 5.74) is 4.95. The van der Waals surface area contributed by atoms with Gasteiger partial charge >= 0.3 is 5.97 Å². The van der Waals surface area contributed by atoms with Gasteiger partial charge in [-0.05, 0) is 0 Å². The van der Waals surface area contributed by atoms with Crippen LogP contribution in [0.2, 0.25) is 0 Å². The van der Waals surface area contributed by atoms with Crippen LogP contribution in [0.15, 0.2) is 0 Å². The lowest BCUT2D eigenvalue weighted by Crippen LogP contribution is -2.54. The van der Waals surface area contributed by atoms with Crippen LogP contribution in [0, 0.1) is 5.21 Å². The van der Waals surface area contributed by atoms with Gasteiger partial charge in [-0.2, -0.15) is 0 Å². The fourth-order valence-electron chi connectivity index (χ4n) is 0.266. The number of quaternary nitrogens is 1. The number of hydroxylamine groups is 3. The minimum Gasteiger partial charge on any atom is -0.632 e. The minimum absolute atomic E-state index is 1.00. The van der Waals surface area contributed by atoms with E-state index in [0.717, 1.165) is 0 Å². The molecule has 0 spiro atoms. The molecule has 0 aliphatic heterocycles. The Hall–Kier alpha value is -0.650. The fourth-order valence-corrected chi connectivity index (χ4v) is 0.266. The molecule has 0 rings (SSSR count). The van der Waals surface area contributed by atoms with E-state index >= 15 is 0 Å². The van der Waals surface area contributed by atoms with Gasteiger partial charge in [0.25, 0.3) is 0 Å². The maximum Gasteiger partial charge on any atom is 0.379 e. The molecule has 0 amide bonds. The summed E-state index contributed by atoms with van der Waals surface area (Å²) >= 11 is 0. The first-order valence-corrected chi connectivity index (χ1v) is 2.38. The Labute approximate surface area is 52.8 Å². The second-order valence-electron chi connectivity index (χ2n) is 2.22. The highest BCUT2D eigenvalue weighted by Crippen LogP contribution is 1.96. The zero-order chi connectivity index (χ0) is 7.65. The summed E-state index contributed by atoms with van der Waals surface area (Å²) in [5, 5.41) is 18.9. The number of hydrogen-bond acceptors (Lipinski definition) is 3. The summed E-state index contributed by atoms with van der Waals surface area (Å²) in [5.74, 6) is -1.28. The summed E-state index contributed by atoms with van der Waals surface area (Å²) in [4.78, 5) is 10.0. The first-order valence-electron chi connectivity index (χ1n) is 2.38. The van der Waals surface area contributed by atoms with Crippen molar-refractivity contribution in [2.75, 3.05) is 14.1 Å². The van der Waals surface area contributed by atoms with E-state index in [0.29, 0.717) is 0 Å². The van der Waals surface area contributed by atoms with Gasteiger partial charge in [0.05, 0.1) is 14.1 Å². The lowest BCUT2D eigenvalue weighted by molar-refractivity contribution is -0.857. The van der Waals surface area contributed by atoms with Crippen molar-refractivity contribution >= 4 is 5.97 Å². The Morgan fingerprint density at radius 3 is 2.11 bits per heavy atom. The maximum atomic E-state index is 10.7. The zero-order valence-corrected chi connectivity index (χ0v) is 5.37. The van der Waals surface area contributed by atoms with E-state index in [1.165, 1.54) is 14.1 Å². The van der Waals surface area contributed by atoms with Crippen molar-refractivity contribution in [1.29, 1.82) is 0 Å². The molecule has 0 radical (unpaired) electrons. The van der Waals surface area contributed by atoms with Gasteiger partial charge in [-0.3, -0.25) is 5.73 Å². The van der Waals surface area contributed by atoms with Gasteiger partial charge in [0.1, 0.15) is 0 Å². The molecule has 5 heteroatoms. The van der Waals surface area contributed by atoms with Gasteiger partial charge in [-0.25, -0.2) is 4.79 Å². The number of carboxylic acids is 1. The summed E-state index contributed by atoms with van der Waals surface area (Å²) in [7, 11) is 2.36. The Morgan fingerprint density at radius 1 is 1.78 bits per heavy atom. The lowest BCUT2D eigenvalue weighted by Gasteiger charge is -2.36. The monoisotopic (exact) mass is 134 g/mol. The molecule has 0 aromatic carbocycles. The summed E-state index contributed by atoms with van der Waals surface area (Å²) in [6, 6.07) is 0. The average Bonchev–Trinajstić information content (AvgIpc) is 1.62. The van der Waals surface area contributed by atoms with Crippen molar-refractivity contribution < 1.29 is 14.5 Å². The number of nitrogens with zero attached hydrogens (tertiary/aromatic N) is 1. The van der Waals surface area contributed by atoms with E-state index in [-0.39, 0.29) is 0 Å². The van der Waals surface area contributed by atoms with Crippen LogP contribution in [-0.2, 0) is 4.79 Å². The molecule has 9 heavy (non-hydrogen) atoms. The number of carbonyl (C=O) groups is 1. The molecule has 0 saturated heterocycles. The maximum absolute atomic E-state index is 10.7. The van der Waals surface area contributed by atoms with Crippen LogP contribution in [0.4, 0.5) is 0 Å². The van der Waals surface area contributed by atoms with Crippen molar-refractivity contribution in [2.45, 2.75) is 6.17 Å². The highest BCUT2D eigenvalue weighted by Gasteiger charge is 2.22. The van der Waals surface area contributed by atoms with Crippen LogP contribution in [-0.4, -0.2) is 36.0 Å². The van der Waals surface area contributed by atoms with Gasteiger partial charge in [0.15, 0.2) is 0 Å². The standard InChI is InChI=1S/C4H10N2O3/c1-6(2,9)3(5)4(7)8/h3H,5H2,1-2H3,(H,7,8). The second kappa shape index (κ2) is 2.30. The molecule has 0 heterocycles. The molecule has 0 aromatic rings. The number of nitrogens with two attached hydrogens (primary N) is 1. The molecule has 0 saturated carbocycles. The Morgan fingerprint density at radius 2 is 2.11 bits per heavy atom. The molecule has 0 aliphatic carbocycles. The second-order valence-corrected chi connectivity index (χ2v) is 2.22. The molecule has 5 nitrogen and oxygen atoms in total. The highest BCUT2D eigenvalue weighted by molar-refractivity contribution is 5.71. The SMILES string of the molecule is C[N+](C)([O-])C(N)C(=O)O. The number of rotatable bonds is 2. The Kier molecular flexibility index (Phi) is 2.13. The van der Waals surface area contributed by atoms with E-state index in [4.69, 9.17) is 10.8 Å². The lowest BCUT2D eigenvalue weighted by atomic mass is 10.5. The molecular weight excluding hydrogens is 124 g/mol. The Bertz CT molecular complexity index is 117. The molecule has 0 aromatic heterocycles. The third kappa shape index (κ3) is 2.41. The van der Waals surface area contributed by atoms with E-state index in [9.17, 15) is 10.0 Å². The van der Waals surface area contributed by atoms with Crippen LogP contribution in [0.5, 0.6) is 0 Å². The van der Waals surface area contributed by atoms with E-state index < -0.39 is 16.8 Å². The quantitative estimate of drug-likeness (QED) is 0.286. The van der Waals surface area contributed by atoms with Gasteiger partial charge in [-0.15, -0.1) is 0 Å². The topological polar surface area (TPSA) is 86.4 Å². The van der Waals surface area contributed by atoms with Crippen LogP contribution >= 0.6 is 0 Å². The van der Waals surface area contributed by atoms with Crippen LogP contribution in [0.3, 0.4) is 0 Å². The summed E-state index contributed by atoms with van der Waals surface area (Å²) in [6.07, 6.45) is -1.38. The number of aliphatic carboxylic acids is 1. The largest absolute Gasteiger partial charge is 0.632 e. The molecule has 0 aliphatic rings. The van der Waals surface area contributed by atoms with Crippen LogP contribution < -0.4 is 5.73 Å². The molecule has 0 fully saturated rings. The average molecular weight is 134 g/mol. The minimum atomic E-state index is -1.38. The van der Waals surface area contributed by atoms with E-state index in [1.807, 2.05) is 0 Å². The van der Waals surface area contributed by atoms with E-state index in [1.54, 1.807) is 0 Å². The first-order chi connectivity index (χ1) is 3.85. The summed E-state index contributed by atoms with van der Waals surface area (Å²) in [6.45, 7) is 0. The van der Waals surface area contributed by atoms with Crippen LogP contribution in [0.1, 0.15) is 0 Å². The van der Waals surface area contributed by atoms with Gasteiger partial charge < -0.3 is 15.0 Å². The van der Waals surface area contributed by atoms with Gasteiger partial charge in [-0.1, -0.05) is 0 Å². The predicted octanol–water partition coefficient (Wildman–Crippen LogP) is -1.07. The molecule has 1 unspecified atom stereocenters. The first kappa shape index (κ1) is 8.35. The normalized spacial score (nSPS) is 15.1. The number of carboxylic acid groups (broad SMARTS) is 1. The highest BCUT2D eigenvalue weighted by atomic mass is 16.5. The van der Waals surface area contributed by atoms with Crippen molar-refractivity contribution in [2.24, 2.45) is 5.73 Å². The number of hydrogen-bond donors (Lipinski definition) is 2. The molecule has 54 valence electrons. The molecule has 1 atom stereocenters. The zero-order valence-electron chi connectivity index (χ0n) is 5.37. The van der Waals surface area contributed by atoms with Crippen molar-refractivity contribution in [3.8, 4) is 0 Å². The van der Waals surface area contributed by atoms with Crippen molar-refractivity contribution in [3.63, 3.8) is 0 Å². The van der Waals surface area contributed by atoms with Crippen molar-refractivity contribution in [1.82, 2.24) is 0 Å². The summed E-state index contributed by atoms with van der Waals surface area (Å²) < 4.78 is -1.00. The number of likely N-dealkylation sites (N-methyl/N-ethyl adjacent to an activating group) is 1. The fraction of sp³-hybridized carbons (Fsp3) is 0.750. The Balaban J connectivity index is 4.04. The molecule has 3 N–H and O–H groups in total. The third-order valence-corrected chi connectivity index (χ3v) is 0.923. The van der Waals surface area contributed by atoms with E-state index in [2.05, 4.69) is 0 Å². The van der Waals surface area contributed by atoms with Crippen molar-refractivity contribution in [3.05, 3.63) is 5.21 Å². The molecule has 0 bridgehead atoms. The van der Waals surface area contributed by atoms with Gasteiger partial charge in [0, 0.05) is 0 Å². The van der Waals surface area contributed by atoms with Crippen LogP contribution in [0.25, 0.3) is 0 Å².